The molecule has 0 saturated carbocycles. The molecule has 0 radical (unpaired) electrons. The molecule has 3 aromatic carbocycles. The number of benzene rings is 3. The van der Waals surface area contributed by atoms with E-state index in [4.69, 9.17) is 14.2 Å². The van der Waals surface area contributed by atoms with Gasteiger partial charge < -0.3 is 29.5 Å². The van der Waals surface area contributed by atoms with Crippen LogP contribution in [-0.2, 0) is 19.3 Å². The van der Waals surface area contributed by atoms with Crippen LogP contribution in [0.3, 0.4) is 0 Å². The first-order valence-electron chi connectivity index (χ1n) is 13.1. The number of aryl methyl sites for hydroxylation is 2. The van der Waals surface area contributed by atoms with Crippen LogP contribution in [0.15, 0.2) is 54.6 Å². The number of nitrogens with zero attached hydrogens (tertiary/aromatic N) is 1. The molecule has 0 heterocycles. The Morgan fingerprint density at radius 1 is 0.946 bits per heavy atom. The monoisotopic (exact) mass is 504 g/mol. The Kier molecular flexibility index (Phi) is 9.18. The number of phenols is 1. The molecule has 0 aliphatic heterocycles. The minimum absolute atomic E-state index is 0.345. The number of hydrogen-bond acceptors (Lipinski definition) is 6. The lowest BCUT2D eigenvalue weighted by Crippen LogP contribution is -2.19. The number of methoxy groups -OCH3 is 2. The summed E-state index contributed by atoms with van der Waals surface area (Å²) in [6.07, 6.45) is 4.94. The zero-order chi connectivity index (χ0) is 26.2. The Bertz CT molecular complexity index is 1160. The van der Waals surface area contributed by atoms with Crippen LogP contribution < -0.4 is 19.5 Å². The highest BCUT2D eigenvalue weighted by molar-refractivity contribution is 5.62. The normalized spacial score (nSPS) is 14.8. The highest BCUT2D eigenvalue weighted by Crippen LogP contribution is 2.42. The predicted octanol–water partition coefficient (Wildman–Crippen LogP) is 5.67. The molecule has 1 unspecified atom stereocenters. The molecule has 0 fully saturated rings. The lowest BCUT2D eigenvalue weighted by Gasteiger charge is -2.28. The molecule has 1 atom stereocenters. The Hall–Kier alpha value is -3.38. The van der Waals surface area contributed by atoms with Crippen LogP contribution in [0.4, 0.5) is 5.69 Å². The van der Waals surface area contributed by atoms with Crippen LogP contribution in [0.5, 0.6) is 23.0 Å². The van der Waals surface area contributed by atoms with Gasteiger partial charge >= 0.3 is 0 Å². The molecule has 0 saturated heterocycles. The third-order valence-corrected chi connectivity index (χ3v) is 7.10. The van der Waals surface area contributed by atoms with Gasteiger partial charge in [0, 0.05) is 24.8 Å². The predicted molar refractivity (Wildman–Crippen MR) is 150 cm³/mol. The Morgan fingerprint density at radius 3 is 2.43 bits per heavy atom. The second kappa shape index (κ2) is 12.7. The van der Waals surface area contributed by atoms with E-state index in [9.17, 15) is 5.11 Å². The van der Waals surface area contributed by atoms with E-state index in [0.29, 0.717) is 18.3 Å². The summed E-state index contributed by atoms with van der Waals surface area (Å²) in [5, 5.41) is 13.5. The molecule has 1 aliphatic rings. The van der Waals surface area contributed by atoms with E-state index >= 15 is 0 Å². The third-order valence-electron chi connectivity index (χ3n) is 7.10. The quantitative estimate of drug-likeness (QED) is 0.310. The van der Waals surface area contributed by atoms with E-state index in [-0.39, 0.29) is 0 Å². The van der Waals surface area contributed by atoms with Crippen LogP contribution in [-0.4, -0.2) is 58.0 Å². The lowest BCUT2D eigenvalue weighted by molar-refractivity contribution is 0.261. The molecule has 37 heavy (non-hydrogen) atoms. The zero-order valence-electron chi connectivity index (χ0n) is 22.5. The van der Waals surface area contributed by atoms with Gasteiger partial charge in [-0.2, -0.15) is 0 Å². The van der Waals surface area contributed by atoms with Crippen molar-refractivity contribution in [3.63, 3.8) is 0 Å². The first-order valence-corrected chi connectivity index (χ1v) is 13.1. The minimum Gasteiger partial charge on any atom is -0.508 e. The van der Waals surface area contributed by atoms with Gasteiger partial charge in [-0.1, -0.05) is 18.2 Å². The number of nitrogens with one attached hydrogen (secondary N) is 1. The van der Waals surface area contributed by atoms with Gasteiger partial charge in [-0.05, 0) is 105 Å². The zero-order valence-corrected chi connectivity index (χ0v) is 22.5. The molecule has 0 bridgehead atoms. The van der Waals surface area contributed by atoms with Gasteiger partial charge in [0.2, 0.25) is 0 Å². The SMILES string of the molecule is COc1cc(NCCCc2ccc(OCCN(C)C)cc2)c(C2CCc3cc(O)ccc3C2)cc1OC. The van der Waals surface area contributed by atoms with Gasteiger partial charge in [0.1, 0.15) is 18.1 Å². The number of likely N-dealkylation sites (N-methyl/N-ethyl adjacent to an activating group) is 1. The van der Waals surface area contributed by atoms with Gasteiger partial charge in [0.25, 0.3) is 0 Å². The molecule has 6 nitrogen and oxygen atoms in total. The van der Waals surface area contributed by atoms with Gasteiger partial charge in [-0.3, -0.25) is 0 Å². The lowest BCUT2D eigenvalue weighted by atomic mass is 9.79. The maximum absolute atomic E-state index is 9.86. The smallest absolute Gasteiger partial charge is 0.162 e. The number of hydrogen-bond donors (Lipinski definition) is 2. The van der Waals surface area contributed by atoms with Crippen molar-refractivity contribution in [3.05, 3.63) is 76.9 Å². The van der Waals surface area contributed by atoms with Gasteiger partial charge in [-0.25, -0.2) is 0 Å². The molecule has 1 aliphatic carbocycles. The fraction of sp³-hybridized carbons (Fsp3) is 0.419. The summed E-state index contributed by atoms with van der Waals surface area (Å²) in [7, 11) is 7.46. The van der Waals surface area contributed by atoms with Crippen LogP contribution in [0.1, 0.15) is 41.0 Å². The summed E-state index contributed by atoms with van der Waals surface area (Å²) in [5.74, 6) is 3.13. The van der Waals surface area contributed by atoms with Gasteiger partial charge in [0.05, 0.1) is 14.2 Å². The van der Waals surface area contributed by atoms with Crippen molar-refractivity contribution in [2.75, 3.05) is 53.3 Å². The average Bonchev–Trinajstić information content (AvgIpc) is 2.91. The van der Waals surface area contributed by atoms with Crippen molar-refractivity contribution in [3.8, 4) is 23.0 Å². The molecule has 6 heteroatoms. The molecule has 2 N–H and O–H groups in total. The van der Waals surface area contributed by atoms with Crippen LogP contribution >= 0.6 is 0 Å². The van der Waals surface area contributed by atoms with Crippen LogP contribution in [0.25, 0.3) is 0 Å². The number of aromatic hydroxyl groups is 1. The average molecular weight is 505 g/mol. The van der Waals surface area contributed by atoms with Crippen molar-refractivity contribution in [1.29, 1.82) is 0 Å². The van der Waals surface area contributed by atoms with E-state index < -0.39 is 0 Å². The van der Waals surface area contributed by atoms with Crippen molar-refractivity contribution >= 4 is 5.69 Å². The standard InChI is InChI=1S/C31H40N2O4/c1-33(2)16-17-37-27-13-7-22(8-14-27)6-5-15-32-29-21-31(36-4)30(35-3)20-28(29)25-10-9-24-19-26(34)12-11-23(24)18-25/h7-8,11-14,19-21,25,32,34H,5-6,9-10,15-18H2,1-4H3. The molecular formula is C31H40N2O4. The molecule has 0 amide bonds. The fourth-order valence-electron chi connectivity index (χ4n) is 5.01. The van der Waals surface area contributed by atoms with Crippen molar-refractivity contribution in [2.45, 2.75) is 38.0 Å². The molecule has 0 spiro atoms. The van der Waals surface area contributed by atoms with E-state index in [1.54, 1.807) is 20.3 Å². The second-order valence-corrected chi connectivity index (χ2v) is 10.0. The molecule has 0 aromatic heterocycles. The summed E-state index contributed by atoms with van der Waals surface area (Å²) in [6, 6.07) is 18.4. The Labute approximate surface area is 221 Å². The van der Waals surface area contributed by atoms with Crippen molar-refractivity contribution in [1.82, 2.24) is 4.90 Å². The highest BCUT2D eigenvalue weighted by atomic mass is 16.5. The Balaban J connectivity index is 1.39. The van der Waals surface area contributed by atoms with Crippen LogP contribution in [0.2, 0.25) is 0 Å². The van der Waals surface area contributed by atoms with E-state index in [1.807, 2.05) is 20.2 Å². The molecule has 198 valence electrons. The topological polar surface area (TPSA) is 63.2 Å². The summed E-state index contributed by atoms with van der Waals surface area (Å²) in [6.45, 7) is 2.46. The van der Waals surface area contributed by atoms with Crippen molar-refractivity contribution < 1.29 is 19.3 Å². The third kappa shape index (κ3) is 7.10. The number of fused-ring (bicyclic) bond motifs is 1. The summed E-state index contributed by atoms with van der Waals surface area (Å²) in [4.78, 5) is 2.12. The van der Waals surface area contributed by atoms with Crippen LogP contribution in [0, 0.1) is 0 Å². The summed E-state index contributed by atoms with van der Waals surface area (Å²) in [5.41, 5.74) is 6.23. The molecule has 3 aromatic rings. The fourth-order valence-corrected chi connectivity index (χ4v) is 5.01. The summed E-state index contributed by atoms with van der Waals surface area (Å²) >= 11 is 0. The maximum Gasteiger partial charge on any atom is 0.162 e. The number of phenolic OH excluding ortho intramolecular Hbond substituents is 1. The summed E-state index contributed by atoms with van der Waals surface area (Å²) < 4.78 is 17.1. The number of rotatable bonds is 12. The number of ether oxygens (including phenoxy) is 3. The maximum atomic E-state index is 9.86. The van der Waals surface area contributed by atoms with E-state index in [1.165, 1.54) is 22.3 Å². The van der Waals surface area contributed by atoms with Crippen molar-refractivity contribution in [2.24, 2.45) is 0 Å². The molecule has 4 rings (SSSR count). The second-order valence-electron chi connectivity index (χ2n) is 10.0. The highest BCUT2D eigenvalue weighted by Gasteiger charge is 2.24. The first kappa shape index (κ1) is 26.7. The Morgan fingerprint density at radius 2 is 1.70 bits per heavy atom. The largest absolute Gasteiger partial charge is 0.508 e. The van der Waals surface area contributed by atoms with E-state index in [0.717, 1.165) is 68.1 Å². The van der Waals surface area contributed by atoms with E-state index in [2.05, 4.69) is 52.7 Å². The van der Waals surface area contributed by atoms with Gasteiger partial charge in [-0.15, -0.1) is 0 Å². The molecular weight excluding hydrogens is 464 g/mol. The van der Waals surface area contributed by atoms with Gasteiger partial charge in [0.15, 0.2) is 11.5 Å². The first-order chi connectivity index (χ1) is 18.0. The minimum atomic E-state index is 0.345. The number of anilines is 1.